The van der Waals surface area contributed by atoms with Crippen molar-refractivity contribution in [2.24, 2.45) is 0 Å². The highest BCUT2D eigenvalue weighted by Gasteiger charge is 2.32. The molecule has 0 fully saturated rings. The van der Waals surface area contributed by atoms with E-state index in [1.54, 1.807) is 9.95 Å². The first-order valence-corrected chi connectivity index (χ1v) is 7.46. The first-order chi connectivity index (χ1) is 10.8. The van der Waals surface area contributed by atoms with Gasteiger partial charge in [-0.1, -0.05) is 16.5 Å². The van der Waals surface area contributed by atoms with E-state index in [4.69, 9.17) is 4.52 Å². The second-order valence-electron chi connectivity index (χ2n) is 4.86. The van der Waals surface area contributed by atoms with E-state index in [0.29, 0.717) is 13.0 Å². The molecule has 0 aliphatic rings. The Morgan fingerprint density at radius 1 is 1.43 bits per heavy atom. The van der Waals surface area contributed by atoms with Crippen molar-refractivity contribution in [3.8, 4) is 11.4 Å². The smallest absolute Gasteiger partial charge is 0.357 e. The fourth-order valence-electron chi connectivity index (χ4n) is 2.04. The molecule has 0 saturated carbocycles. The number of aromatic amines is 1. The molecule has 3 aromatic rings. The Bertz CT molecular complexity index is 874. The summed E-state index contributed by atoms with van der Waals surface area (Å²) < 4.78 is 44.2. The van der Waals surface area contributed by atoms with Crippen molar-refractivity contribution in [2.75, 3.05) is 0 Å². The van der Waals surface area contributed by atoms with E-state index in [2.05, 4.69) is 15.1 Å². The van der Waals surface area contributed by atoms with Crippen LogP contribution in [0.15, 0.2) is 27.0 Å². The lowest BCUT2D eigenvalue weighted by Gasteiger charge is -2.00. The number of H-pyrrole nitrogens is 1. The number of rotatable bonds is 4. The summed E-state index contributed by atoms with van der Waals surface area (Å²) in [6, 6.07) is 0.919. The molecule has 0 unspecified atom stereocenters. The van der Waals surface area contributed by atoms with Crippen LogP contribution in [-0.2, 0) is 19.1 Å². The van der Waals surface area contributed by atoms with Gasteiger partial charge in [-0.2, -0.15) is 18.2 Å². The van der Waals surface area contributed by atoms with Crippen LogP contribution in [0.25, 0.3) is 11.4 Å². The molecule has 0 radical (unpaired) electrons. The van der Waals surface area contributed by atoms with Gasteiger partial charge in [0.1, 0.15) is 5.69 Å². The molecule has 1 N–H and O–H groups in total. The van der Waals surface area contributed by atoms with Crippen LogP contribution in [-0.4, -0.2) is 19.7 Å². The largest absolute Gasteiger partial charge is 0.431 e. The molecule has 23 heavy (non-hydrogen) atoms. The summed E-state index contributed by atoms with van der Waals surface area (Å²) in [6.45, 7) is 2.19. The number of nitrogens with zero attached hydrogens (tertiary/aromatic N) is 3. The lowest BCUT2D eigenvalue weighted by molar-refractivity contribution is -0.140. The molecule has 3 heterocycles. The second kappa shape index (κ2) is 5.69. The maximum Gasteiger partial charge on any atom is 0.431 e. The van der Waals surface area contributed by atoms with E-state index in [1.807, 2.05) is 6.92 Å². The van der Waals surface area contributed by atoms with Crippen molar-refractivity contribution in [1.82, 2.24) is 19.7 Å². The van der Waals surface area contributed by atoms with Crippen molar-refractivity contribution in [2.45, 2.75) is 26.1 Å². The number of hydrogen-bond acceptors (Lipinski definition) is 5. The lowest BCUT2D eigenvalue weighted by Crippen LogP contribution is -2.16. The van der Waals surface area contributed by atoms with Crippen molar-refractivity contribution >= 4 is 11.3 Å². The second-order valence-corrected chi connectivity index (χ2v) is 5.68. The van der Waals surface area contributed by atoms with E-state index < -0.39 is 11.9 Å². The topological polar surface area (TPSA) is 76.7 Å². The molecular weight excluding hydrogens is 333 g/mol. The zero-order valence-electron chi connectivity index (χ0n) is 11.8. The van der Waals surface area contributed by atoms with Crippen LogP contribution in [0.2, 0.25) is 0 Å². The Labute approximate surface area is 131 Å². The first kappa shape index (κ1) is 15.5. The van der Waals surface area contributed by atoms with Gasteiger partial charge >= 0.3 is 11.0 Å². The van der Waals surface area contributed by atoms with Crippen LogP contribution in [0.5, 0.6) is 0 Å². The summed E-state index contributed by atoms with van der Waals surface area (Å²) in [5, 5.41) is 5.42. The molecule has 0 aromatic carbocycles. The molecule has 10 heteroatoms. The van der Waals surface area contributed by atoms with Gasteiger partial charge in [-0.25, -0.2) is 0 Å². The molecule has 0 bridgehead atoms. The summed E-state index contributed by atoms with van der Waals surface area (Å²) in [4.78, 5) is 17.7. The van der Waals surface area contributed by atoms with Crippen molar-refractivity contribution in [3.05, 3.63) is 44.6 Å². The zero-order valence-corrected chi connectivity index (χ0v) is 12.7. The number of alkyl halides is 3. The van der Waals surface area contributed by atoms with Gasteiger partial charge in [-0.05, 0) is 13.0 Å². The Balaban J connectivity index is 1.73. The normalized spacial score (nSPS) is 12.0. The SMILES string of the molecule is Cc1csc(=O)n1CCc1nc(-c2c[nH]c(C(F)(F)F)c2)no1. The summed E-state index contributed by atoms with van der Waals surface area (Å²) in [5.41, 5.74) is 0.149. The van der Waals surface area contributed by atoms with Crippen molar-refractivity contribution in [3.63, 3.8) is 0 Å². The maximum absolute atomic E-state index is 12.5. The Morgan fingerprint density at radius 3 is 2.83 bits per heavy atom. The highest BCUT2D eigenvalue weighted by molar-refractivity contribution is 7.07. The molecule has 0 atom stereocenters. The number of aromatic nitrogens is 4. The fourth-order valence-corrected chi connectivity index (χ4v) is 2.80. The van der Waals surface area contributed by atoms with Crippen molar-refractivity contribution < 1.29 is 17.7 Å². The molecule has 6 nitrogen and oxygen atoms in total. The summed E-state index contributed by atoms with van der Waals surface area (Å²) in [7, 11) is 0. The molecule has 0 spiro atoms. The molecule has 3 aromatic heterocycles. The number of thiazole rings is 1. The van der Waals surface area contributed by atoms with Crippen LogP contribution in [0.4, 0.5) is 13.2 Å². The number of hydrogen-bond donors (Lipinski definition) is 1. The predicted octanol–water partition coefficient (Wildman–Crippen LogP) is 2.86. The molecular formula is C13H11F3N4O2S. The predicted molar refractivity (Wildman–Crippen MR) is 76.1 cm³/mol. The van der Waals surface area contributed by atoms with Crippen LogP contribution < -0.4 is 4.87 Å². The Morgan fingerprint density at radius 2 is 2.22 bits per heavy atom. The monoisotopic (exact) mass is 344 g/mol. The van der Waals surface area contributed by atoms with E-state index in [0.717, 1.165) is 23.1 Å². The average molecular weight is 344 g/mol. The van der Waals surface area contributed by atoms with Gasteiger partial charge in [0, 0.05) is 35.8 Å². The number of nitrogens with one attached hydrogen (secondary N) is 1. The minimum absolute atomic E-state index is 0.0705. The van der Waals surface area contributed by atoms with E-state index in [9.17, 15) is 18.0 Å². The summed E-state index contributed by atoms with van der Waals surface area (Å²) in [5.74, 6) is 0.327. The van der Waals surface area contributed by atoms with Crippen LogP contribution in [0.3, 0.4) is 0 Å². The number of aryl methyl sites for hydroxylation is 2. The Kier molecular flexibility index (Phi) is 3.84. The van der Waals surface area contributed by atoms with Crippen LogP contribution >= 0.6 is 11.3 Å². The average Bonchev–Trinajstić information content (AvgIpc) is 3.17. The van der Waals surface area contributed by atoms with Gasteiger partial charge in [0.25, 0.3) is 0 Å². The molecule has 0 aliphatic carbocycles. The minimum Gasteiger partial charge on any atom is -0.357 e. The first-order valence-electron chi connectivity index (χ1n) is 6.58. The summed E-state index contributed by atoms with van der Waals surface area (Å²) >= 11 is 1.10. The van der Waals surface area contributed by atoms with Gasteiger partial charge in [0.05, 0.1) is 0 Å². The van der Waals surface area contributed by atoms with Crippen molar-refractivity contribution in [1.29, 1.82) is 0 Å². The van der Waals surface area contributed by atoms with Gasteiger partial charge < -0.3 is 14.1 Å². The third-order valence-corrected chi connectivity index (χ3v) is 4.12. The van der Waals surface area contributed by atoms with Crippen LogP contribution in [0, 0.1) is 6.92 Å². The zero-order chi connectivity index (χ0) is 16.6. The minimum atomic E-state index is -4.46. The quantitative estimate of drug-likeness (QED) is 0.789. The van der Waals surface area contributed by atoms with E-state index in [1.165, 1.54) is 6.20 Å². The van der Waals surface area contributed by atoms with E-state index >= 15 is 0 Å². The lowest BCUT2D eigenvalue weighted by atomic mass is 10.3. The molecule has 0 aliphatic heterocycles. The fraction of sp³-hybridized carbons (Fsp3) is 0.308. The molecule has 122 valence electrons. The highest BCUT2D eigenvalue weighted by atomic mass is 32.1. The van der Waals surface area contributed by atoms with Gasteiger partial charge in [0.2, 0.25) is 11.7 Å². The van der Waals surface area contributed by atoms with Gasteiger partial charge in [0.15, 0.2) is 0 Å². The molecule has 3 rings (SSSR count). The molecule has 0 saturated heterocycles. The van der Waals surface area contributed by atoms with Gasteiger partial charge in [-0.3, -0.25) is 4.79 Å². The van der Waals surface area contributed by atoms with E-state index in [-0.39, 0.29) is 22.2 Å². The maximum atomic E-state index is 12.5. The number of halogens is 3. The van der Waals surface area contributed by atoms with Gasteiger partial charge in [-0.15, -0.1) is 0 Å². The third kappa shape index (κ3) is 3.21. The highest BCUT2D eigenvalue weighted by Crippen LogP contribution is 2.30. The molecule has 0 amide bonds. The standard InChI is InChI=1S/C13H11F3N4O2S/c1-7-6-23-12(21)20(7)3-2-10-18-11(19-22-10)8-4-9(17-5-8)13(14,15)16/h4-6,17H,2-3H2,1H3. The Hall–Kier alpha value is -2.36. The summed E-state index contributed by atoms with van der Waals surface area (Å²) in [6.07, 6.45) is -2.96. The third-order valence-electron chi connectivity index (χ3n) is 3.24. The van der Waals surface area contributed by atoms with Crippen LogP contribution in [0.1, 0.15) is 17.3 Å².